The number of anilines is 1. The number of carbonyl (C=O) groups is 2. The summed E-state index contributed by atoms with van der Waals surface area (Å²) in [7, 11) is 3.00. The number of ether oxygens (including phenoxy) is 2. The molecule has 0 saturated carbocycles. The number of nitrogens with one attached hydrogen (secondary N) is 2. The van der Waals surface area contributed by atoms with Gasteiger partial charge in [-0.15, -0.1) is 0 Å². The highest BCUT2D eigenvalue weighted by Crippen LogP contribution is 2.27. The zero-order chi connectivity index (χ0) is 21.3. The minimum absolute atomic E-state index is 0.0756. The third-order valence-electron chi connectivity index (χ3n) is 4.17. The third-order valence-corrected chi connectivity index (χ3v) is 4.17. The SMILES string of the molecule is COc1ccc(C(=O)N/C(=C\c2cccnc2)C(=O)Nc2ccccc2)cc1OC. The Morgan fingerprint density at radius 1 is 0.933 bits per heavy atom. The van der Waals surface area contributed by atoms with Gasteiger partial charge in [0.25, 0.3) is 11.8 Å². The van der Waals surface area contributed by atoms with E-state index in [9.17, 15) is 9.59 Å². The molecule has 7 heteroatoms. The molecule has 0 bridgehead atoms. The molecule has 0 spiro atoms. The van der Waals surface area contributed by atoms with Crippen LogP contribution >= 0.6 is 0 Å². The summed E-state index contributed by atoms with van der Waals surface area (Å²) in [5.41, 5.74) is 1.67. The molecule has 0 aliphatic carbocycles. The van der Waals surface area contributed by atoms with E-state index in [4.69, 9.17) is 9.47 Å². The van der Waals surface area contributed by atoms with Gasteiger partial charge in [-0.05, 0) is 48.0 Å². The van der Waals surface area contributed by atoms with Gasteiger partial charge in [0.2, 0.25) is 0 Å². The van der Waals surface area contributed by atoms with E-state index in [0.29, 0.717) is 28.3 Å². The van der Waals surface area contributed by atoms with Crippen molar-refractivity contribution >= 4 is 23.6 Å². The predicted octanol–water partition coefficient (Wildman–Crippen LogP) is 3.51. The van der Waals surface area contributed by atoms with Gasteiger partial charge in [0, 0.05) is 23.6 Å². The van der Waals surface area contributed by atoms with Crippen LogP contribution in [0.4, 0.5) is 5.69 Å². The highest BCUT2D eigenvalue weighted by Gasteiger charge is 2.17. The molecule has 2 N–H and O–H groups in total. The molecular weight excluding hydrogens is 382 g/mol. The zero-order valence-electron chi connectivity index (χ0n) is 16.6. The van der Waals surface area contributed by atoms with Gasteiger partial charge >= 0.3 is 0 Å². The average Bonchev–Trinajstić information content (AvgIpc) is 2.79. The zero-order valence-corrected chi connectivity index (χ0v) is 16.6. The van der Waals surface area contributed by atoms with Crippen LogP contribution in [-0.2, 0) is 4.79 Å². The molecule has 0 fully saturated rings. The molecule has 2 amide bonds. The monoisotopic (exact) mass is 403 g/mol. The molecule has 0 aliphatic rings. The van der Waals surface area contributed by atoms with Gasteiger partial charge in [-0.1, -0.05) is 24.3 Å². The average molecular weight is 403 g/mol. The number of methoxy groups -OCH3 is 2. The minimum Gasteiger partial charge on any atom is -0.493 e. The Hall–Kier alpha value is -4.13. The van der Waals surface area contributed by atoms with E-state index in [1.807, 2.05) is 18.2 Å². The van der Waals surface area contributed by atoms with Crippen LogP contribution in [0, 0.1) is 0 Å². The Morgan fingerprint density at radius 2 is 1.70 bits per heavy atom. The Bertz CT molecular complexity index is 1050. The van der Waals surface area contributed by atoms with Gasteiger partial charge in [-0.2, -0.15) is 0 Å². The maximum absolute atomic E-state index is 12.8. The number of para-hydroxylation sites is 1. The molecule has 3 rings (SSSR count). The summed E-state index contributed by atoms with van der Waals surface area (Å²) < 4.78 is 10.4. The molecule has 3 aromatic rings. The summed E-state index contributed by atoms with van der Waals surface area (Å²) >= 11 is 0. The highest BCUT2D eigenvalue weighted by atomic mass is 16.5. The van der Waals surface area contributed by atoms with Crippen LogP contribution in [0.3, 0.4) is 0 Å². The van der Waals surface area contributed by atoms with Gasteiger partial charge in [0.1, 0.15) is 5.70 Å². The number of amides is 2. The summed E-state index contributed by atoms with van der Waals surface area (Å²) in [6.07, 6.45) is 4.78. The largest absolute Gasteiger partial charge is 0.493 e. The van der Waals surface area contributed by atoms with Gasteiger partial charge < -0.3 is 20.1 Å². The van der Waals surface area contributed by atoms with Crippen molar-refractivity contribution in [1.82, 2.24) is 10.3 Å². The van der Waals surface area contributed by atoms with Gasteiger partial charge in [-0.3, -0.25) is 14.6 Å². The van der Waals surface area contributed by atoms with Crippen LogP contribution in [0.25, 0.3) is 6.08 Å². The lowest BCUT2D eigenvalue weighted by Crippen LogP contribution is -2.30. The maximum atomic E-state index is 12.8. The van der Waals surface area contributed by atoms with E-state index in [2.05, 4.69) is 15.6 Å². The smallest absolute Gasteiger partial charge is 0.272 e. The van der Waals surface area contributed by atoms with Crippen molar-refractivity contribution in [2.24, 2.45) is 0 Å². The molecule has 30 heavy (non-hydrogen) atoms. The maximum Gasteiger partial charge on any atom is 0.272 e. The number of carbonyl (C=O) groups excluding carboxylic acids is 2. The first-order valence-electron chi connectivity index (χ1n) is 9.12. The Labute approximate surface area is 174 Å². The van der Waals surface area contributed by atoms with Crippen LogP contribution in [0.15, 0.2) is 78.8 Å². The van der Waals surface area contributed by atoms with Gasteiger partial charge in [0.15, 0.2) is 11.5 Å². The van der Waals surface area contributed by atoms with Crippen LogP contribution in [0.2, 0.25) is 0 Å². The third kappa shape index (κ3) is 5.23. The Morgan fingerprint density at radius 3 is 2.37 bits per heavy atom. The Kier molecular flexibility index (Phi) is 6.78. The molecule has 1 heterocycles. The molecule has 0 unspecified atom stereocenters. The highest BCUT2D eigenvalue weighted by molar-refractivity contribution is 6.10. The molecule has 1 aromatic heterocycles. The fourth-order valence-electron chi connectivity index (χ4n) is 2.68. The Balaban J connectivity index is 1.87. The first-order chi connectivity index (χ1) is 14.6. The van der Waals surface area contributed by atoms with Crippen molar-refractivity contribution in [2.75, 3.05) is 19.5 Å². The van der Waals surface area contributed by atoms with Crippen molar-refractivity contribution in [3.8, 4) is 11.5 Å². The molecule has 0 atom stereocenters. The number of benzene rings is 2. The lowest BCUT2D eigenvalue weighted by atomic mass is 10.1. The van der Waals surface area contributed by atoms with Gasteiger partial charge in [-0.25, -0.2) is 0 Å². The van der Waals surface area contributed by atoms with E-state index >= 15 is 0 Å². The number of rotatable bonds is 7. The molecule has 2 aromatic carbocycles. The van der Waals surface area contributed by atoms with Crippen LogP contribution in [0.1, 0.15) is 15.9 Å². The molecular formula is C23H21N3O4. The van der Waals surface area contributed by atoms with E-state index in [-0.39, 0.29) is 5.70 Å². The van der Waals surface area contributed by atoms with Crippen LogP contribution in [0.5, 0.6) is 11.5 Å². The molecule has 7 nitrogen and oxygen atoms in total. The number of aromatic nitrogens is 1. The summed E-state index contributed by atoms with van der Waals surface area (Å²) in [4.78, 5) is 29.7. The summed E-state index contributed by atoms with van der Waals surface area (Å²) in [6.45, 7) is 0. The summed E-state index contributed by atoms with van der Waals surface area (Å²) in [5, 5.41) is 5.45. The second-order valence-electron chi connectivity index (χ2n) is 6.19. The molecule has 0 saturated heterocycles. The van der Waals surface area contributed by atoms with Crippen molar-refractivity contribution in [2.45, 2.75) is 0 Å². The van der Waals surface area contributed by atoms with E-state index in [1.54, 1.807) is 60.9 Å². The van der Waals surface area contributed by atoms with E-state index < -0.39 is 11.8 Å². The number of hydrogen-bond donors (Lipinski definition) is 2. The second-order valence-corrected chi connectivity index (χ2v) is 6.19. The van der Waals surface area contributed by atoms with Crippen molar-refractivity contribution in [1.29, 1.82) is 0 Å². The topological polar surface area (TPSA) is 89.5 Å². The second kappa shape index (κ2) is 9.88. The van der Waals surface area contributed by atoms with Crippen molar-refractivity contribution in [3.05, 3.63) is 89.9 Å². The first-order valence-corrected chi connectivity index (χ1v) is 9.12. The van der Waals surface area contributed by atoms with Crippen molar-refractivity contribution < 1.29 is 19.1 Å². The lowest BCUT2D eigenvalue weighted by molar-refractivity contribution is -0.113. The first kappa shape index (κ1) is 20.6. The number of hydrogen-bond acceptors (Lipinski definition) is 5. The van der Waals surface area contributed by atoms with E-state index in [0.717, 1.165) is 0 Å². The van der Waals surface area contributed by atoms with Gasteiger partial charge in [0.05, 0.1) is 14.2 Å². The number of pyridine rings is 1. The number of nitrogens with zero attached hydrogens (tertiary/aromatic N) is 1. The minimum atomic E-state index is -0.464. The fourth-order valence-corrected chi connectivity index (χ4v) is 2.68. The van der Waals surface area contributed by atoms with Crippen LogP contribution in [-0.4, -0.2) is 31.0 Å². The molecule has 152 valence electrons. The van der Waals surface area contributed by atoms with Crippen molar-refractivity contribution in [3.63, 3.8) is 0 Å². The predicted molar refractivity (Wildman–Crippen MR) is 114 cm³/mol. The normalized spacial score (nSPS) is 10.8. The molecule has 0 radical (unpaired) electrons. The summed E-state index contributed by atoms with van der Waals surface area (Å²) in [6, 6.07) is 17.3. The summed E-state index contributed by atoms with van der Waals surface area (Å²) in [5.74, 6) is -0.00754. The lowest BCUT2D eigenvalue weighted by Gasteiger charge is -2.13. The fraction of sp³-hybridized carbons (Fsp3) is 0.0870. The molecule has 0 aliphatic heterocycles. The van der Waals surface area contributed by atoms with Crippen LogP contribution < -0.4 is 20.1 Å². The quantitative estimate of drug-likeness (QED) is 0.590. The van der Waals surface area contributed by atoms with E-state index in [1.165, 1.54) is 14.2 Å². The standard InChI is InChI=1S/C23H21N3O4/c1-29-20-11-10-17(14-21(20)30-2)22(27)26-19(13-16-7-6-12-24-15-16)23(28)25-18-8-4-3-5-9-18/h3-15H,1-2H3,(H,25,28)(H,26,27)/b19-13-.